The molecule has 0 saturated carbocycles. The van der Waals surface area contributed by atoms with Crippen LogP contribution >= 0.6 is 12.4 Å². The molecule has 1 amide bonds. The minimum atomic E-state index is 0. The fourth-order valence-electron chi connectivity index (χ4n) is 1.43. The highest BCUT2D eigenvalue weighted by Crippen LogP contribution is 2.14. The molecule has 2 unspecified atom stereocenters. The number of nitrogens with two attached hydrogens (primary N) is 2. The lowest BCUT2D eigenvalue weighted by molar-refractivity contribution is -0.130. The van der Waals surface area contributed by atoms with Gasteiger partial charge >= 0.3 is 0 Å². The molecular weight excluding hydrogens is 178 g/mol. The molecule has 1 fully saturated rings. The van der Waals surface area contributed by atoms with Crippen LogP contribution in [0.2, 0.25) is 0 Å². The van der Waals surface area contributed by atoms with E-state index in [1.807, 2.05) is 6.92 Å². The zero-order valence-corrected chi connectivity index (χ0v) is 8.01. The van der Waals surface area contributed by atoms with Gasteiger partial charge in [-0.1, -0.05) is 0 Å². The van der Waals surface area contributed by atoms with Crippen molar-refractivity contribution in [3.8, 4) is 0 Å². The molecular formula is C7H16ClN3O. The maximum Gasteiger partial charge on any atom is 0.236 e. The topological polar surface area (TPSA) is 72.3 Å². The molecule has 0 spiro atoms. The minimum Gasteiger partial charge on any atom is -0.337 e. The number of nitrogens with zero attached hydrogens (tertiary/aromatic N) is 1. The van der Waals surface area contributed by atoms with Crippen molar-refractivity contribution in [1.29, 1.82) is 0 Å². The number of rotatable bonds is 1. The lowest BCUT2D eigenvalue weighted by atomic mass is 10.2. The highest BCUT2D eigenvalue weighted by molar-refractivity contribution is 5.85. The van der Waals surface area contributed by atoms with Gasteiger partial charge in [0.2, 0.25) is 5.91 Å². The summed E-state index contributed by atoms with van der Waals surface area (Å²) < 4.78 is 0. The Kier molecular flexibility index (Phi) is 4.52. The van der Waals surface area contributed by atoms with E-state index < -0.39 is 0 Å². The van der Waals surface area contributed by atoms with Gasteiger partial charge in [0.15, 0.2) is 0 Å². The van der Waals surface area contributed by atoms with E-state index in [0.29, 0.717) is 0 Å². The van der Waals surface area contributed by atoms with Crippen molar-refractivity contribution < 1.29 is 4.79 Å². The molecule has 2 atom stereocenters. The van der Waals surface area contributed by atoms with Crippen LogP contribution in [0.1, 0.15) is 13.3 Å². The summed E-state index contributed by atoms with van der Waals surface area (Å²) in [5.41, 5.74) is 11.0. The Morgan fingerprint density at radius 1 is 1.67 bits per heavy atom. The Bertz CT molecular complexity index is 165. The number of carbonyl (C=O) groups is 1. The van der Waals surface area contributed by atoms with E-state index in [9.17, 15) is 4.79 Å². The Balaban J connectivity index is 0.00000121. The second kappa shape index (κ2) is 4.64. The molecule has 1 heterocycles. The molecule has 12 heavy (non-hydrogen) atoms. The minimum absolute atomic E-state index is 0. The fourth-order valence-corrected chi connectivity index (χ4v) is 1.43. The first kappa shape index (κ1) is 11.7. The number of hydrogen-bond donors (Lipinski definition) is 2. The van der Waals surface area contributed by atoms with Gasteiger partial charge in [0, 0.05) is 18.6 Å². The number of likely N-dealkylation sites (tertiary alicyclic amines) is 1. The Morgan fingerprint density at radius 3 is 2.58 bits per heavy atom. The average Bonchev–Trinajstić information content (AvgIpc) is 2.32. The molecule has 0 aromatic carbocycles. The number of hydrogen-bond acceptors (Lipinski definition) is 3. The van der Waals surface area contributed by atoms with Crippen LogP contribution in [0.25, 0.3) is 0 Å². The van der Waals surface area contributed by atoms with E-state index in [2.05, 4.69) is 0 Å². The molecule has 0 aliphatic carbocycles. The normalized spacial score (nSPS) is 28.4. The summed E-state index contributed by atoms with van der Waals surface area (Å²) >= 11 is 0. The summed E-state index contributed by atoms with van der Waals surface area (Å²) in [6.07, 6.45) is 0.896. The third-order valence-corrected chi connectivity index (χ3v) is 2.31. The van der Waals surface area contributed by atoms with Crippen molar-refractivity contribution in [2.24, 2.45) is 11.5 Å². The molecule has 5 heteroatoms. The lowest BCUT2D eigenvalue weighted by Crippen LogP contribution is -2.42. The van der Waals surface area contributed by atoms with Crippen LogP contribution < -0.4 is 11.5 Å². The van der Waals surface area contributed by atoms with E-state index in [0.717, 1.165) is 13.0 Å². The van der Waals surface area contributed by atoms with Crippen LogP contribution in [0.5, 0.6) is 0 Å². The fraction of sp³-hybridized carbons (Fsp3) is 0.857. The third-order valence-electron chi connectivity index (χ3n) is 2.31. The summed E-state index contributed by atoms with van der Waals surface area (Å²) in [5, 5.41) is 0. The molecule has 0 radical (unpaired) electrons. The van der Waals surface area contributed by atoms with Crippen LogP contribution in [0.4, 0.5) is 0 Å². The van der Waals surface area contributed by atoms with E-state index in [1.165, 1.54) is 0 Å². The summed E-state index contributed by atoms with van der Waals surface area (Å²) in [6, 6.07) is 0.288. The Morgan fingerprint density at radius 2 is 2.25 bits per heavy atom. The zero-order valence-electron chi connectivity index (χ0n) is 7.19. The molecule has 0 aromatic heterocycles. The molecule has 0 bridgehead atoms. The summed E-state index contributed by atoms with van der Waals surface area (Å²) in [4.78, 5) is 12.9. The van der Waals surface area contributed by atoms with E-state index in [-0.39, 0.29) is 36.9 Å². The number of amides is 1. The number of halogens is 1. The molecule has 72 valence electrons. The quantitative estimate of drug-likeness (QED) is 0.580. The maximum absolute atomic E-state index is 11.1. The number of carbonyl (C=O) groups excluding carboxylic acids is 1. The van der Waals surface area contributed by atoms with Crippen LogP contribution in [0.3, 0.4) is 0 Å². The standard InChI is InChI=1S/C7H15N3O.ClH/c1-5-6(9)2-3-10(5)7(11)4-8;/h5-6H,2-4,8-9H2,1H3;1H. The molecule has 1 saturated heterocycles. The van der Waals surface area contributed by atoms with E-state index >= 15 is 0 Å². The molecule has 1 rings (SSSR count). The van der Waals surface area contributed by atoms with Crippen molar-refractivity contribution in [3.63, 3.8) is 0 Å². The highest BCUT2D eigenvalue weighted by atomic mass is 35.5. The summed E-state index contributed by atoms with van der Waals surface area (Å²) in [7, 11) is 0. The van der Waals surface area contributed by atoms with Gasteiger partial charge in [0.25, 0.3) is 0 Å². The van der Waals surface area contributed by atoms with E-state index in [1.54, 1.807) is 4.90 Å². The first-order valence-corrected chi connectivity index (χ1v) is 3.92. The third kappa shape index (κ3) is 2.09. The summed E-state index contributed by atoms with van der Waals surface area (Å²) in [6.45, 7) is 2.82. The van der Waals surface area contributed by atoms with Gasteiger partial charge in [-0.25, -0.2) is 0 Å². The van der Waals surface area contributed by atoms with Crippen molar-refractivity contribution in [2.75, 3.05) is 13.1 Å². The van der Waals surface area contributed by atoms with Crippen molar-refractivity contribution >= 4 is 18.3 Å². The molecule has 4 nitrogen and oxygen atoms in total. The largest absolute Gasteiger partial charge is 0.337 e. The predicted octanol–water partition coefficient (Wildman–Crippen LogP) is -0.685. The van der Waals surface area contributed by atoms with Crippen molar-refractivity contribution in [2.45, 2.75) is 25.4 Å². The van der Waals surface area contributed by atoms with Crippen LogP contribution in [0, 0.1) is 0 Å². The first-order chi connectivity index (χ1) is 5.16. The SMILES string of the molecule is CC1C(N)CCN1C(=O)CN.Cl. The van der Waals surface area contributed by atoms with Gasteiger partial charge < -0.3 is 16.4 Å². The van der Waals surface area contributed by atoms with Crippen LogP contribution in [0.15, 0.2) is 0 Å². The van der Waals surface area contributed by atoms with E-state index in [4.69, 9.17) is 11.5 Å². The molecule has 4 N–H and O–H groups in total. The van der Waals surface area contributed by atoms with Crippen LogP contribution in [-0.2, 0) is 4.79 Å². The smallest absolute Gasteiger partial charge is 0.236 e. The van der Waals surface area contributed by atoms with Gasteiger partial charge in [0.1, 0.15) is 0 Å². The summed E-state index contributed by atoms with van der Waals surface area (Å²) in [5.74, 6) is 0.00505. The zero-order chi connectivity index (χ0) is 8.43. The highest BCUT2D eigenvalue weighted by Gasteiger charge is 2.30. The van der Waals surface area contributed by atoms with Gasteiger partial charge in [-0.15, -0.1) is 12.4 Å². The Hall–Kier alpha value is -0.320. The monoisotopic (exact) mass is 193 g/mol. The van der Waals surface area contributed by atoms with Gasteiger partial charge in [-0.3, -0.25) is 4.79 Å². The molecule has 0 aromatic rings. The predicted molar refractivity (Wildman–Crippen MR) is 50.1 cm³/mol. The Labute approximate surface area is 78.7 Å². The van der Waals surface area contributed by atoms with Gasteiger partial charge in [-0.05, 0) is 13.3 Å². The van der Waals surface area contributed by atoms with Crippen LogP contribution in [-0.4, -0.2) is 36.0 Å². The molecule has 1 aliphatic rings. The second-order valence-electron chi connectivity index (χ2n) is 2.98. The average molecular weight is 194 g/mol. The lowest BCUT2D eigenvalue weighted by Gasteiger charge is -2.22. The first-order valence-electron chi connectivity index (χ1n) is 3.92. The van der Waals surface area contributed by atoms with Crippen molar-refractivity contribution in [1.82, 2.24) is 4.90 Å². The van der Waals surface area contributed by atoms with Gasteiger partial charge in [0.05, 0.1) is 6.54 Å². The molecule has 1 aliphatic heterocycles. The maximum atomic E-state index is 11.1. The second-order valence-corrected chi connectivity index (χ2v) is 2.98. The van der Waals surface area contributed by atoms with Crippen molar-refractivity contribution in [3.05, 3.63) is 0 Å². The van der Waals surface area contributed by atoms with Gasteiger partial charge in [-0.2, -0.15) is 0 Å².